The van der Waals surface area contributed by atoms with E-state index in [0.29, 0.717) is 16.8 Å². The molecule has 1 saturated carbocycles. The Morgan fingerprint density at radius 1 is 1.04 bits per heavy atom. The number of nitrogens with zero attached hydrogens (tertiary/aromatic N) is 1. The molecular weight excluding hydrogens is 354 g/mol. The van der Waals surface area contributed by atoms with E-state index in [0.717, 1.165) is 35.8 Å². The minimum absolute atomic E-state index is 0.105. The standard InChI is InChI=1S/C22H23N3O3/c26-19(14-25-21(27)17-12-6-7-13-18(17)23-22(25)28)24-20(16-10-4-5-11-16)15-8-2-1-3-9-15/h1-3,6-9,12-13,16,20H,4-5,10-11,14H2,(H,23,28)(H,24,26). The molecule has 1 atom stereocenters. The molecule has 3 aromatic rings. The van der Waals surface area contributed by atoms with Gasteiger partial charge in [0.05, 0.1) is 16.9 Å². The lowest BCUT2D eigenvalue weighted by atomic mass is 9.91. The van der Waals surface area contributed by atoms with Crippen LogP contribution in [0.5, 0.6) is 0 Å². The number of H-pyrrole nitrogens is 1. The van der Waals surface area contributed by atoms with Gasteiger partial charge in [0.25, 0.3) is 5.56 Å². The van der Waals surface area contributed by atoms with E-state index in [2.05, 4.69) is 10.3 Å². The summed E-state index contributed by atoms with van der Waals surface area (Å²) in [5.41, 5.74) is 0.507. The highest BCUT2D eigenvalue weighted by atomic mass is 16.2. The van der Waals surface area contributed by atoms with Crippen LogP contribution in [0.1, 0.15) is 37.3 Å². The predicted molar refractivity (Wildman–Crippen MR) is 108 cm³/mol. The monoisotopic (exact) mass is 377 g/mol. The molecule has 0 saturated heterocycles. The van der Waals surface area contributed by atoms with Gasteiger partial charge < -0.3 is 10.3 Å². The quantitative estimate of drug-likeness (QED) is 0.717. The van der Waals surface area contributed by atoms with Crippen molar-refractivity contribution >= 4 is 16.8 Å². The summed E-state index contributed by atoms with van der Waals surface area (Å²) in [6.07, 6.45) is 4.45. The van der Waals surface area contributed by atoms with Crippen LogP contribution >= 0.6 is 0 Å². The number of amides is 1. The van der Waals surface area contributed by atoms with Crippen LogP contribution in [0.25, 0.3) is 10.9 Å². The van der Waals surface area contributed by atoms with Crippen molar-refractivity contribution in [1.82, 2.24) is 14.9 Å². The Morgan fingerprint density at radius 2 is 1.71 bits per heavy atom. The van der Waals surface area contributed by atoms with Gasteiger partial charge in [-0.1, -0.05) is 55.3 Å². The zero-order chi connectivity index (χ0) is 19.5. The number of hydrogen-bond donors (Lipinski definition) is 2. The number of benzene rings is 2. The van der Waals surface area contributed by atoms with Gasteiger partial charge in [0.2, 0.25) is 5.91 Å². The lowest BCUT2D eigenvalue weighted by Gasteiger charge is -2.25. The molecule has 0 aliphatic heterocycles. The molecule has 1 fully saturated rings. The second kappa shape index (κ2) is 7.84. The van der Waals surface area contributed by atoms with Gasteiger partial charge in [-0.25, -0.2) is 4.79 Å². The molecule has 1 aliphatic rings. The first-order valence-corrected chi connectivity index (χ1v) is 9.69. The number of carbonyl (C=O) groups excluding carboxylic acids is 1. The molecule has 0 radical (unpaired) electrons. The molecule has 2 aromatic carbocycles. The molecule has 6 heteroatoms. The summed E-state index contributed by atoms with van der Waals surface area (Å²) in [6, 6.07) is 16.6. The maximum Gasteiger partial charge on any atom is 0.329 e. The smallest absolute Gasteiger partial charge is 0.329 e. The number of para-hydroxylation sites is 1. The average molecular weight is 377 g/mol. The molecular formula is C22H23N3O3. The third kappa shape index (κ3) is 3.63. The van der Waals surface area contributed by atoms with Crippen LogP contribution in [0.2, 0.25) is 0 Å². The summed E-state index contributed by atoms with van der Waals surface area (Å²) >= 11 is 0. The highest BCUT2D eigenvalue weighted by molar-refractivity contribution is 5.79. The largest absolute Gasteiger partial charge is 0.347 e. The third-order valence-electron chi connectivity index (χ3n) is 5.54. The highest BCUT2D eigenvalue weighted by Gasteiger charge is 2.28. The van der Waals surface area contributed by atoms with Crippen LogP contribution in [0.3, 0.4) is 0 Å². The summed E-state index contributed by atoms with van der Waals surface area (Å²) in [5.74, 6) is 0.0431. The zero-order valence-electron chi connectivity index (χ0n) is 15.6. The van der Waals surface area contributed by atoms with E-state index in [9.17, 15) is 14.4 Å². The summed E-state index contributed by atoms with van der Waals surface area (Å²) in [7, 11) is 0. The van der Waals surface area contributed by atoms with E-state index in [1.165, 1.54) is 0 Å². The van der Waals surface area contributed by atoms with Crippen LogP contribution in [0, 0.1) is 5.92 Å². The van der Waals surface area contributed by atoms with Gasteiger partial charge >= 0.3 is 5.69 Å². The average Bonchev–Trinajstić information content (AvgIpc) is 3.24. The van der Waals surface area contributed by atoms with Gasteiger partial charge in [0, 0.05) is 0 Å². The maximum atomic E-state index is 12.8. The number of aromatic amines is 1. The van der Waals surface area contributed by atoms with E-state index in [1.807, 2.05) is 30.3 Å². The van der Waals surface area contributed by atoms with Crippen LogP contribution < -0.4 is 16.6 Å². The summed E-state index contributed by atoms with van der Waals surface area (Å²) in [4.78, 5) is 40.4. The summed E-state index contributed by atoms with van der Waals surface area (Å²) in [5, 5.41) is 3.47. The zero-order valence-corrected chi connectivity index (χ0v) is 15.6. The molecule has 1 aliphatic carbocycles. The van der Waals surface area contributed by atoms with Crippen molar-refractivity contribution in [3.63, 3.8) is 0 Å². The van der Waals surface area contributed by atoms with Gasteiger partial charge in [-0.2, -0.15) is 0 Å². The second-order valence-corrected chi connectivity index (χ2v) is 7.37. The lowest BCUT2D eigenvalue weighted by molar-refractivity contribution is -0.122. The molecule has 6 nitrogen and oxygen atoms in total. The number of hydrogen-bond acceptors (Lipinski definition) is 3. The highest BCUT2D eigenvalue weighted by Crippen LogP contribution is 2.35. The van der Waals surface area contributed by atoms with Crippen LogP contribution in [-0.4, -0.2) is 15.5 Å². The number of aromatic nitrogens is 2. The number of fused-ring (bicyclic) bond motifs is 1. The molecule has 28 heavy (non-hydrogen) atoms. The lowest BCUT2D eigenvalue weighted by Crippen LogP contribution is -2.42. The second-order valence-electron chi connectivity index (χ2n) is 7.37. The normalized spacial score (nSPS) is 15.6. The van der Waals surface area contributed by atoms with Crippen molar-refractivity contribution in [2.75, 3.05) is 0 Å². The first-order chi connectivity index (χ1) is 13.6. The van der Waals surface area contributed by atoms with Crippen molar-refractivity contribution in [2.45, 2.75) is 38.3 Å². The molecule has 1 aromatic heterocycles. The maximum absolute atomic E-state index is 12.8. The molecule has 2 N–H and O–H groups in total. The predicted octanol–water partition coefficient (Wildman–Crippen LogP) is 2.74. The first-order valence-electron chi connectivity index (χ1n) is 9.69. The van der Waals surface area contributed by atoms with E-state index < -0.39 is 11.2 Å². The van der Waals surface area contributed by atoms with Crippen molar-refractivity contribution in [3.8, 4) is 0 Å². The fraction of sp³-hybridized carbons (Fsp3) is 0.318. The molecule has 0 spiro atoms. The molecule has 144 valence electrons. The fourth-order valence-electron chi connectivity index (χ4n) is 4.13. The van der Waals surface area contributed by atoms with Crippen LogP contribution in [-0.2, 0) is 11.3 Å². The number of rotatable bonds is 5. The van der Waals surface area contributed by atoms with Gasteiger partial charge in [0.1, 0.15) is 6.54 Å². The third-order valence-corrected chi connectivity index (χ3v) is 5.54. The Morgan fingerprint density at radius 3 is 2.46 bits per heavy atom. The fourth-order valence-corrected chi connectivity index (χ4v) is 4.13. The molecule has 1 heterocycles. The van der Waals surface area contributed by atoms with Crippen molar-refractivity contribution in [3.05, 3.63) is 81.0 Å². The minimum Gasteiger partial charge on any atom is -0.347 e. The molecule has 1 unspecified atom stereocenters. The molecule has 1 amide bonds. The van der Waals surface area contributed by atoms with Gasteiger partial charge in [-0.05, 0) is 36.5 Å². The Balaban J connectivity index is 1.60. The Kier molecular flexibility index (Phi) is 5.10. The first kappa shape index (κ1) is 18.2. The van der Waals surface area contributed by atoms with Gasteiger partial charge in [-0.3, -0.25) is 14.2 Å². The Labute approximate surface area is 162 Å². The van der Waals surface area contributed by atoms with E-state index in [1.54, 1.807) is 24.3 Å². The Bertz CT molecular complexity index is 1100. The van der Waals surface area contributed by atoms with E-state index in [-0.39, 0.29) is 18.5 Å². The number of nitrogens with one attached hydrogen (secondary N) is 2. The molecule has 4 rings (SSSR count). The van der Waals surface area contributed by atoms with Crippen molar-refractivity contribution < 1.29 is 4.79 Å². The summed E-state index contributed by atoms with van der Waals surface area (Å²) < 4.78 is 0.967. The van der Waals surface area contributed by atoms with E-state index >= 15 is 0 Å². The Hall–Kier alpha value is -3.15. The van der Waals surface area contributed by atoms with E-state index in [4.69, 9.17) is 0 Å². The van der Waals surface area contributed by atoms with Crippen LogP contribution in [0.15, 0.2) is 64.2 Å². The molecule has 0 bridgehead atoms. The minimum atomic E-state index is -0.573. The summed E-state index contributed by atoms with van der Waals surface area (Å²) in [6.45, 7) is -0.297. The SMILES string of the molecule is O=C(Cn1c(=O)[nH]c2ccccc2c1=O)NC(c1ccccc1)C1CCCC1. The van der Waals surface area contributed by atoms with Crippen molar-refractivity contribution in [2.24, 2.45) is 5.92 Å². The van der Waals surface area contributed by atoms with Crippen molar-refractivity contribution in [1.29, 1.82) is 0 Å². The van der Waals surface area contributed by atoms with Gasteiger partial charge in [-0.15, -0.1) is 0 Å². The number of carbonyl (C=O) groups is 1. The van der Waals surface area contributed by atoms with Crippen LogP contribution in [0.4, 0.5) is 0 Å². The van der Waals surface area contributed by atoms with Gasteiger partial charge in [0.15, 0.2) is 0 Å². The topological polar surface area (TPSA) is 84.0 Å².